The van der Waals surface area contributed by atoms with Crippen LogP contribution >= 0.6 is 7.82 Å². The predicted molar refractivity (Wildman–Crippen MR) is 261 cm³/mol. The average molecular weight is 911 g/mol. The van der Waals surface area contributed by atoms with E-state index in [1.165, 1.54) is 122 Å². The smallest absolute Gasteiger partial charge is 0.457 e. The number of carbonyl (C=O) groups is 2. The highest BCUT2D eigenvalue weighted by Crippen LogP contribution is 2.43. The van der Waals surface area contributed by atoms with E-state index in [-0.39, 0.29) is 12.8 Å². The molecule has 3 unspecified atom stereocenters. The summed E-state index contributed by atoms with van der Waals surface area (Å²) in [7, 11) is -4.65. The number of esters is 2. The van der Waals surface area contributed by atoms with Crippen molar-refractivity contribution in [2.45, 2.75) is 244 Å². The lowest BCUT2D eigenvalue weighted by atomic mass is 10.1. The van der Waals surface area contributed by atoms with Crippen LogP contribution in [0.3, 0.4) is 0 Å². The van der Waals surface area contributed by atoms with Gasteiger partial charge in [-0.15, -0.1) is 0 Å². The molecule has 0 amide bonds. The van der Waals surface area contributed by atoms with E-state index in [1.807, 2.05) is 0 Å². The number of hydrogen-bond acceptors (Lipinski definition) is 9. The van der Waals surface area contributed by atoms with E-state index in [9.17, 15) is 29.3 Å². The van der Waals surface area contributed by atoms with Gasteiger partial charge in [0.05, 0.1) is 26.4 Å². The van der Waals surface area contributed by atoms with Crippen molar-refractivity contribution in [3.63, 3.8) is 0 Å². The van der Waals surface area contributed by atoms with E-state index in [1.54, 1.807) is 0 Å². The molecule has 3 atom stereocenters. The fourth-order valence-electron chi connectivity index (χ4n) is 7.06. The summed E-state index contributed by atoms with van der Waals surface area (Å²) in [5.41, 5.74) is 0. The summed E-state index contributed by atoms with van der Waals surface area (Å²) in [6.45, 7) is 2.19. The summed E-state index contributed by atoms with van der Waals surface area (Å²) < 4.78 is 32.7. The number of rotatable bonds is 48. The van der Waals surface area contributed by atoms with Crippen molar-refractivity contribution in [3.05, 3.63) is 48.6 Å². The van der Waals surface area contributed by atoms with Crippen LogP contribution in [0.2, 0.25) is 0 Å². The highest BCUT2D eigenvalue weighted by molar-refractivity contribution is 7.47. The number of phosphoric acid groups is 1. The van der Waals surface area contributed by atoms with Gasteiger partial charge in [-0.3, -0.25) is 18.6 Å². The van der Waals surface area contributed by atoms with Crippen LogP contribution < -0.4 is 0 Å². The number of phosphoric ester groups is 1. The first kappa shape index (κ1) is 60.9. The topological polar surface area (TPSA) is 149 Å². The molecular formula is C52H95O10P. The van der Waals surface area contributed by atoms with Crippen molar-refractivity contribution >= 4 is 19.8 Å². The molecule has 0 aliphatic rings. The minimum atomic E-state index is -4.65. The molecule has 0 radical (unpaired) electrons. The second-order valence-electron chi connectivity index (χ2n) is 17.1. The van der Waals surface area contributed by atoms with Crippen LogP contribution in [0, 0.1) is 0 Å². The Hall–Kier alpha value is -2.07. The second kappa shape index (κ2) is 47.9. The first-order chi connectivity index (χ1) is 30.8. The van der Waals surface area contributed by atoms with Gasteiger partial charge in [-0.05, 0) is 77.0 Å². The highest BCUT2D eigenvalue weighted by Gasteiger charge is 2.27. The number of unbranched alkanes of at least 4 members (excludes halogenated alkanes) is 26. The summed E-state index contributed by atoms with van der Waals surface area (Å²) in [6.07, 6.45) is 53.6. The molecule has 3 N–H and O–H groups in total. The number of hydrogen-bond donors (Lipinski definition) is 3. The number of carbonyl (C=O) groups excluding carboxylic acids is 2. The van der Waals surface area contributed by atoms with Gasteiger partial charge in [-0.25, -0.2) is 4.57 Å². The monoisotopic (exact) mass is 911 g/mol. The van der Waals surface area contributed by atoms with Gasteiger partial charge in [-0.2, -0.15) is 0 Å². The Morgan fingerprint density at radius 2 is 0.698 bits per heavy atom. The zero-order chi connectivity index (χ0) is 46.2. The van der Waals surface area contributed by atoms with Gasteiger partial charge in [0.1, 0.15) is 12.2 Å². The Morgan fingerprint density at radius 3 is 1.05 bits per heavy atom. The lowest BCUT2D eigenvalue weighted by molar-refractivity contribution is -0.153. The second-order valence-corrected chi connectivity index (χ2v) is 18.6. The molecule has 0 spiro atoms. The maximum absolute atomic E-state index is 12.4. The summed E-state index contributed by atoms with van der Waals surface area (Å²) >= 11 is 0. The SMILES string of the molecule is CCCCC/C=C\C/C=C\C/C=C\CCCCCCCCC(=O)OC(CO)COP(=O)(O)OCC(CO)OC(=O)CCCCCCCCCCC/C=C\CCCCCCCCCC. The molecule has 0 saturated heterocycles. The van der Waals surface area contributed by atoms with E-state index < -0.39 is 58.4 Å². The van der Waals surface area contributed by atoms with Crippen LogP contribution in [0.15, 0.2) is 48.6 Å². The molecule has 0 bridgehead atoms. The number of allylic oxidation sites excluding steroid dienone is 8. The van der Waals surface area contributed by atoms with E-state index in [0.29, 0.717) is 12.8 Å². The Bertz CT molecular complexity index is 1190. The van der Waals surface area contributed by atoms with E-state index in [2.05, 4.69) is 62.5 Å². The van der Waals surface area contributed by atoms with E-state index >= 15 is 0 Å². The van der Waals surface area contributed by atoms with Gasteiger partial charge >= 0.3 is 19.8 Å². The van der Waals surface area contributed by atoms with E-state index in [0.717, 1.165) is 70.6 Å². The van der Waals surface area contributed by atoms with Crippen molar-refractivity contribution in [2.24, 2.45) is 0 Å². The molecule has 10 nitrogen and oxygen atoms in total. The highest BCUT2D eigenvalue weighted by atomic mass is 31.2. The first-order valence-corrected chi connectivity index (χ1v) is 27.1. The third-order valence-corrected chi connectivity index (χ3v) is 12.0. The van der Waals surface area contributed by atoms with Gasteiger partial charge in [0.25, 0.3) is 0 Å². The van der Waals surface area contributed by atoms with Gasteiger partial charge in [0, 0.05) is 12.8 Å². The maximum atomic E-state index is 12.4. The van der Waals surface area contributed by atoms with Crippen LogP contribution in [-0.4, -0.2) is 65.7 Å². The molecule has 11 heteroatoms. The zero-order valence-corrected chi connectivity index (χ0v) is 41.2. The predicted octanol–water partition coefficient (Wildman–Crippen LogP) is 14.5. The largest absolute Gasteiger partial charge is 0.472 e. The van der Waals surface area contributed by atoms with E-state index in [4.69, 9.17) is 18.5 Å². The van der Waals surface area contributed by atoms with Gasteiger partial charge < -0.3 is 24.6 Å². The standard InChI is InChI=1S/C52H95O10P/c1-3-5-7-9-11-13-15-17-19-21-23-24-26-28-30-32-34-36-38-40-42-44-52(56)62-50(46-54)48-60-63(57,58)59-47-49(45-53)61-51(55)43-41-39-37-35-33-31-29-27-25-22-20-18-16-14-12-10-8-6-4-2/h12,14,18,20-21,23,25,27,49-50,53-54H,3-11,13,15-17,19,22,24,26,28-48H2,1-2H3,(H,57,58)/b14-12-,20-18-,23-21-,27-25-. The number of aliphatic hydroxyl groups excluding tert-OH is 2. The van der Waals surface area contributed by atoms with Gasteiger partial charge in [0.15, 0.2) is 0 Å². The molecular weight excluding hydrogens is 816 g/mol. The molecule has 0 aromatic heterocycles. The molecule has 0 aliphatic carbocycles. The van der Waals surface area contributed by atoms with Gasteiger partial charge in [0.2, 0.25) is 0 Å². The summed E-state index contributed by atoms with van der Waals surface area (Å²) in [5.74, 6) is -1.03. The number of ether oxygens (including phenoxy) is 2. The molecule has 0 fully saturated rings. The quantitative estimate of drug-likeness (QED) is 0.0233. The molecule has 0 aliphatic heterocycles. The fraction of sp³-hybridized carbons (Fsp3) is 0.808. The van der Waals surface area contributed by atoms with Crippen molar-refractivity contribution in [2.75, 3.05) is 26.4 Å². The molecule has 368 valence electrons. The molecule has 0 aromatic rings. The molecule has 0 saturated carbocycles. The van der Waals surface area contributed by atoms with Crippen LogP contribution in [0.25, 0.3) is 0 Å². The third-order valence-electron chi connectivity index (χ3n) is 11.0. The Balaban J connectivity index is 3.86. The summed E-state index contributed by atoms with van der Waals surface area (Å²) in [6, 6.07) is 0. The average Bonchev–Trinajstić information content (AvgIpc) is 3.27. The van der Waals surface area contributed by atoms with Crippen molar-refractivity contribution in [1.82, 2.24) is 0 Å². The lowest BCUT2D eigenvalue weighted by Crippen LogP contribution is -2.28. The van der Waals surface area contributed by atoms with Crippen molar-refractivity contribution in [3.8, 4) is 0 Å². The van der Waals surface area contributed by atoms with Crippen LogP contribution in [0.1, 0.15) is 232 Å². The third kappa shape index (κ3) is 46.3. The van der Waals surface area contributed by atoms with Crippen molar-refractivity contribution < 1.29 is 47.8 Å². The lowest BCUT2D eigenvalue weighted by Gasteiger charge is -2.20. The molecule has 0 rings (SSSR count). The first-order valence-electron chi connectivity index (χ1n) is 25.6. The van der Waals surface area contributed by atoms with Crippen LogP contribution in [0.5, 0.6) is 0 Å². The Morgan fingerprint density at radius 1 is 0.429 bits per heavy atom. The van der Waals surface area contributed by atoms with Crippen molar-refractivity contribution in [1.29, 1.82) is 0 Å². The Kier molecular flexibility index (Phi) is 46.3. The minimum absolute atomic E-state index is 0.177. The zero-order valence-electron chi connectivity index (χ0n) is 40.3. The molecule has 63 heavy (non-hydrogen) atoms. The van der Waals surface area contributed by atoms with Crippen LogP contribution in [0.4, 0.5) is 0 Å². The normalized spacial score (nSPS) is 14.0. The Labute approximate surface area is 385 Å². The molecule has 0 aromatic carbocycles. The summed E-state index contributed by atoms with van der Waals surface area (Å²) in [4.78, 5) is 34.7. The maximum Gasteiger partial charge on any atom is 0.472 e. The number of aliphatic hydroxyl groups is 2. The van der Waals surface area contributed by atoms with Gasteiger partial charge in [-0.1, -0.05) is 191 Å². The minimum Gasteiger partial charge on any atom is -0.457 e. The fourth-order valence-corrected chi connectivity index (χ4v) is 7.84. The molecule has 0 heterocycles. The van der Waals surface area contributed by atoms with Crippen LogP contribution in [-0.2, 0) is 32.7 Å². The summed E-state index contributed by atoms with van der Waals surface area (Å²) in [5, 5.41) is 19.3.